The van der Waals surface area contributed by atoms with Crippen molar-refractivity contribution in [2.45, 2.75) is 19.9 Å². The predicted molar refractivity (Wildman–Crippen MR) is 97.4 cm³/mol. The molecular weight excluding hydrogens is 298 g/mol. The maximum Gasteiger partial charge on any atom is 0.255 e. The lowest BCUT2D eigenvalue weighted by Gasteiger charge is -2.18. The number of hydrogen-bond acceptors (Lipinski definition) is 2. The van der Waals surface area contributed by atoms with E-state index < -0.39 is 0 Å². The molecule has 0 radical (unpaired) electrons. The molecule has 3 aromatic carbocycles. The van der Waals surface area contributed by atoms with Gasteiger partial charge in [-0.15, -0.1) is 0 Å². The van der Waals surface area contributed by atoms with E-state index in [1.165, 1.54) is 5.39 Å². The number of carbonyl (C=O) groups is 1. The summed E-state index contributed by atoms with van der Waals surface area (Å²) in [6, 6.07) is 21.6. The molecule has 0 bridgehead atoms. The van der Waals surface area contributed by atoms with E-state index in [1.807, 2.05) is 50.2 Å². The highest BCUT2D eigenvalue weighted by Gasteiger charge is 2.16. The van der Waals surface area contributed by atoms with Crippen molar-refractivity contribution in [2.24, 2.45) is 0 Å². The zero-order valence-corrected chi connectivity index (χ0v) is 14.0. The molecule has 24 heavy (non-hydrogen) atoms. The molecule has 3 heteroatoms. The Balaban J connectivity index is 1.86. The van der Waals surface area contributed by atoms with Crippen LogP contribution in [0, 0.1) is 0 Å². The fourth-order valence-corrected chi connectivity index (χ4v) is 2.92. The topological polar surface area (TPSA) is 38.3 Å². The summed E-state index contributed by atoms with van der Waals surface area (Å²) >= 11 is 0. The second-order valence-corrected chi connectivity index (χ2v) is 5.69. The monoisotopic (exact) mass is 319 g/mol. The van der Waals surface area contributed by atoms with Crippen molar-refractivity contribution in [1.29, 1.82) is 0 Å². The Morgan fingerprint density at radius 2 is 1.71 bits per heavy atom. The second-order valence-electron chi connectivity index (χ2n) is 5.69. The third-order valence-electron chi connectivity index (χ3n) is 4.07. The van der Waals surface area contributed by atoms with Crippen molar-refractivity contribution in [3.05, 3.63) is 77.9 Å². The van der Waals surface area contributed by atoms with Crippen LogP contribution in [0.1, 0.15) is 35.8 Å². The largest absolute Gasteiger partial charge is 0.493 e. The average Bonchev–Trinajstić information content (AvgIpc) is 2.62. The van der Waals surface area contributed by atoms with Gasteiger partial charge < -0.3 is 10.1 Å². The molecule has 3 aromatic rings. The predicted octanol–water partition coefficient (Wildman–Crippen LogP) is 4.73. The van der Waals surface area contributed by atoms with E-state index in [1.54, 1.807) is 6.07 Å². The lowest BCUT2D eigenvalue weighted by Crippen LogP contribution is -2.27. The van der Waals surface area contributed by atoms with Gasteiger partial charge in [0.25, 0.3) is 5.91 Å². The minimum absolute atomic E-state index is 0.0988. The van der Waals surface area contributed by atoms with Crippen LogP contribution >= 0.6 is 0 Å². The Morgan fingerprint density at radius 3 is 2.54 bits per heavy atom. The molecule has 1 N–H and O–H groups in total. The maximum atomic E-state index is 12.7. The molecule has 1 amide bonds. The normalized spacial score (nSPS) is 11.9. The summed E-state index contributed by atoms with van der Waals surface area (Å²) in [5, 5.41) is 5.41. The Kier molecular flexibility index (Phi) is 4.80. The van der Waals surface area contributed by atoms with Crippen LogP contribution in [0.5, 0.6) is 5.75 Å². The van der Waals surface area contributed by atoms with Gasteiger partial charge in [0.1, 0.15) is 5.75 Å². The molecule has 3 rings (SSSR count). The zero-order chi connectivity index (χ0) is 16.9. The van der Waals surface area contributed by atoms with E-state index in [9.17, 15) is 4.79 Å². The van der Waals surface area contributed by atoms with Gasteiger partial charge >= 0.3 is 0 Å². The first kappa shape index (κ1) is 16.1. The Bertz CT molecular complexity index is 852. The van der Waals surface area contributed by atoms with Crippen molar-refractivity contribution in [1.82, 2.24) is 5.32 Å². The molecule has 122 valence electrons. The van der Waals surface area contributed by atoms with Gasteiger partial charge in [0.15, 0.2) is 0 Å². The van der Waals surface area contributed by atoms with E-state index in [0.717, 1.165) is 10.9 Å². The minimum Gasteiger partial charge on any atom is -0.493 e. The first-order chi connectivity index (χ1) is 11.7. The molecule has 0 heterocycles. The first-order valence-corrected chi connectivity index (χ1v) is 8.21. The quantitative estimate of drug-likeness (QED) is 0.738. The van der Waals surface area contributed by atoms with Crippen LogP contribution in [0.15, 0.2) is 66.7 Å². The highest BCUT2D eigenvalue weighted by Crippen LogP contribution is 2.25. The zero-order valence-electron chi connectivity index (χ0n) is 14.0. The highest BCUT2D eigenvalue weighted by molar-refractivity contribution is 5.97. The van der Waals surface area contributed by atoms with E-state index in [4.69, 9.17) is 4.74 Å². The summed E-state index contributed by atoms with van der Waals surface area (Å²) in [6.45, 7) is 4.44. The van der Waals surface area contributed by atoms with Gasteiger partial charge in [0.2, 0.25) is 0 Å². The third-order valence-corrected chi connectivity index (χ3v) is 4.07. The SMILES string of the molecule is CCOc1ccccc1C(=O)NC(C)c1cccc2ccccc12. The van der Waals surface area contributed by atoms with Crippen molar-refractivity contribution in [3.63, 3.8) is 0 Å². The maximum absolute atomic E-state index is 12.7. The Labute approximate surface area is 142 Å². The number of hydrogen-bond donors (Lipinski definition) is 1. The van der Waals surface area contributed by atoms with Gasteiger partial charge in [0, 0.05) is 0 Å². The summed E-state index contributed by atoms with van der Waals surface area (Å²) in [7, 11) is 0. The van der Waals surface area contributed by atoms with Crippen LogP contribution < -0.4 is 10.1 Å². The molecule has 0 aliphatic heterocycles. The summed E-state index contributed by atoms with van der Waals surface area (Å²) in [6.07, 6.45) is 0. The van der Waals surface area contributed by atoms with Crippen molar-refractivity contribution in [2.75, 3.05) is 6.61 Å². The van der Waals surface area contributed by atoms with Gasteiger partial charge in [-0.05, 0) is 42.3 Å². The molecule has 0 aliphatic carbocycles. The van der Waals surface area contributed by atoms with Crippen LogP contribution in [0.25, 0.3) is 10.8 Å². The summed E-state index contributed by atoms with van der Waals surface area (Å²) in [5.74, 6) is 0.488. The van der Waals surface area contributed by atoms with Crippen LogP contribution in [0.4, 0.5) is 0 Å². The molecule has 0 spiro atoms. The molecular formula is C21H21NO2. The second kappa shape index (κ2) is 7.18. The van der Waals surface area contributed by atoms with E-state index in [0.29, 0.717) is 17.9 Å². The summed E-state index contributed by atoms with van der Waals surface area (Å²) in [5.41, 5.74) is 1.67. The molecule has 0 fully saturated rings. The molecule has 1 unspecified atom stereocenters. The molecule has 0 saturated heterocycles. The standard InChI is InChI=1S/C21H21NO2/c1-3-24-20-14-7-6-12-19(20)21(23)22-15(2)17-13-8-10-16-9-4-5-11-18(16)17/h4-15H,3H2,1-2H3,(H,22,23). The van der Waals surface area contributed by atoms with Crippen molar-refractivity contribution < 1.29 is 9.53 Å². The van der Waals surface area contributed by atoms with Crippen molar-refractivity contribution >= 4 is 16.7 Å². The van der Waals surface area contributed by atoms with Gasteiger partial charge in [-0.2, -0.15) is 0 Å². The number of rotatable bonds is 5. The minimum atomic E-state index is -0.125. The molecule has 0 aliphatic rings. The summed E-state index contributed by atoms with van der Waals surface area (Å²) in [4.78, 5) is 12.7. The lowest BCUT2D eigenvalue weighted by molar-refractivity contribution is 0.0936. The number of fused-ring (bicyclic) bond motifs is 1. The van der Waals surface area contributed by atoms with Crippen LogP contribution in [0.3, 0.4) is 0 Å². The van der Waals surface area contributed by atoms with E-state index in [-0.39, 0.29) is 11.9 Å². The highest BCUT2D eigenvalue weighted by atomic mass is 16.5. The average molecular weight is 319 g/mol. The number of amides is 1. The summed E-state index contributed by atoms with van der Waals surface area (Å²) < 4.78 is 5.55. The lowest BCUT2D eigenvalue weighted by atomic mass is 9.99. The number of ether oxygens (including phenoxy) is 1. The van der Waals surface area contributed by atoms with Gasteiger partial charge in [0.05, 0.1) is 18.2 Å². The van der Waals surface area contributed by atoms with Gasteiger partial charge in [-0.3, -0.25) is 4.79 Å². The number of carbonyl (C=O) groups excluding carboxylic acids is 1. The first-order valence-electron chi connectivity index (χ1n) is 8.21. The number of benzene rings is 3. The molecule has 3 nitrogen and oxygen atoms in total. The molecule has 0 saturated carbocycles. The Morgan fingerprint density at radius 1 is 1.00 bits per heavy atom. The van der Waals surface area contributed by atoms with E-state index >= 15 is 0 Å². The van der Waals surface area contributed by atoms with Crippen LogP contribution in [0.2, 0.25) is 0 Å². The molecule has 0 aromatic heterocycles. The van der Waals surface area contributed by atoms with Crippen molar-refractivity contribution in [3.8, 4) is 5.75 Å². The van der Waals surface area contributed by atoms with Gasteiger partial charge in [-0.1, -0.05) is 54.6 Å². The smallest absolute Gasteiger partial charge is 0.255 e. The van der Waals surface area contributed by atoms with Crippen LogP contribution in [-0.4, -0.2) is 12.5 Å². The third kappa shape index (κ3) is 3.25. The fraction of sp³-hybridized carbons (Fsp3) is 0.190. The Hall–Kier alpha value is -2.81. The van der Waals surface area contributed by atoms with Gasteiger partial charge in [-0.25, -0.2) is 0 Å². The fourth-order valence-electron chi connectivity index (χ4n) is 2.92. The number of para-hydroxylation sites is 1. The van der Waals surface area contributed by atoms with E-state index in [2.05, 4.69) is 29.6 Å². The van der Waals surface area contributed by atoms with Crippen LogP contribution in [-0.2, 0) is 0 Å². The number of nitrogens with one attached hydrogen (secondary N) is 1. The molecule has 1 atom stereocenters.